The number of halogens is 1. The van der Waals surface area contributed by atoms with E-state index in [0.29, 0.717) is 12.4 Å². The van der Waals surface area contributed by atoms with Crippen LogP contribution < -0.4 is 0 Å². The molecule has 0 atom stereocenters. The van der Waals surface area contributed by atoms with Gasteiger partial charge < -0.3 is 19.2 Å². The largest absolute Gasteiger partial charge is 0.507 e. The lowest BCUT2D eigenvalue weighted by molar-refractivity contribution is 0.0658. The third kappa shape index (κ3) is 3.65. The Morgan fingerprint density at radius 3 is 2.73 bits per heavy atom. The monoisotopic (exact) mass is 307 g/mol. The molecule has 0 aliphatic carbocycles. The molecule has 1 N–H and O–H groups in total. The molecule has 22 heavy (non-hydrogen) atoms. The standard InChI is InChI=1S/C16H18FNO4/c1-11-6-7-12(22-11)10-18(8-9-21-2)16(20)15-13(17)4-3-5-14(15)19/h3-7,19H,8-10H2,1-2H3. The van der Waals surface area contributed by atoms with Crippen molar-refractivity contribution < 1.29 is 23.4 Å². The molecule has 1 heterocycles. The summed E-state index contributed by atoms with van der Waals surface area (Å²) >= 11 is 0. The van der Waals surface area contributed by atoms with Crippen molar-refractivity contribution in [2.75, 3.05) is 20.3 Å². The van der Waals surface area contributed by atoms with Gasteiger partial charge in [-0.15, -0.1) is 0 Å². The second-order valence-electron chi connectivity index (χ2n) is 4.87. The van der Waals surface area contributed by atoms with Crippen LogP contribution in [0.5, 0.6) is 5.75 Å². The lowest BCUT2D eigenvalue weighted by Gasteiger charge is -2.22. The number of carbonyl (C=O) groups is 1. The van der Waals surface area contributed by atoms with Crippen molar-refractivity contribution >= 4 is 5.91 Å². The van der Waals surface area contributed by atoms with Gasteiger partial charge in [0.05, 0.1) is 13.2 Å². The van der Waals surface area contributed by atoms with Crippen LogP contribution in [0.1, 0.15) is 21.9 Å². The predicted octanol–water partition coefficient (Wildman–Crippen LogP) is 2.72. The highest BCUT2D eigenvalue weighted by molar-refractivity contribution is 5.97. The molecule has 2 rings (SSSR count). The molecule has 0 aliphatic heterocycles. The van der Waals surface area contributed by atoms with Gasteiger partial charge >= 0.3 is 0 Å². The van der Waals surface area contributed by atoms with E-state index in [0.717, 1.165) is 11.8 Å². The number of ether oxygens (including phenoxy) is 1. The Hall–Kier alpha value is -2.34. The Morgan fingerprint density at radius 1 is 1.36 bits per heavy atom. The SMILES string of the molecule is COCCN(Cc1ccc(C)o1)C(=O)c1c(O)cccc1F. The molecule has 0 spiro atoms. The number of hydrogen-bond donors (Lipinski definition) is 1. The molecular weight excluding hydrogens is 289 g/mol. The Balaban J connectivity index is 2.26. The molecule has 0 bridgehead atoms. The summed E-state index contributed by atoms with van der Waals surface area (Å²) in [5.74, 6) is -0.451. The number of aromatic hydroxyl groups is 1. The van der Waals surface area contributed by atoms with Gasteiger partial charge in [0, 0.05) is 13.7 Å². The average Bonchev–Trinajstić information content (AvgIpc) is 2.88. The molecule has 0 saturated heterocycles. The molecule has 0 aliphatic rings. The fraction of sp³-hybridized carbons (Fsp3) is 0.312. The Kier molecular flexibility index (Phi) is 5.16. The van der Waals surface area contributed by atoms with E-state index in [-0.39, 0.29) is 24.4 Å². The molecule has 0 fully saturated rings. The van der Waals surface area contributed by atoms with E-state index in [1.54, 1.807) is 19.1 Å². The second kappa shape index (κ2) is 7.09. The molecule has 0 unspecified atom stereocenters. The Bertz CT molecular complexity index is 633. The molecular formula is C16H18FNO4. The predicted molar refractivity (Wildman–Crippen MR) is 78.1 cm³/mol. The number of methoxy groups -OCH3 is 1. The number of carbonyl (C=O) groups excluding carboxylic acids is 1. The van der Waals surface area contributed by atoms with E-state index in [2.05, 4.69) is 0 Å². The van der Waals surface area contributed by atoms with Gasteiger partial charge in [0.15, 0.2) is 0 Å². The summed E-state index contributed by atoms with van der Waals surface area (Å²) in [5.41, 5.74) is -0.345. The number of phenolic OH excluding ortho intramolecular Hbond substituents is 1. The molecule has 118 valence electrons. The van der Waals surface area contributed by atoms with Crippen LogP contribution in [0, 0.1) is 12.7 Å². The van der Waals surface area contributed by atoms with Gasteiger partial charge in [-0.3, -0.25) is 4.79 Å². The topological polar surface area (TPSA) is 62.9 Å². The number of amides is 1. The normalized spacial score (nSPS) is 10.7. The van der Waals surface area contributed by atoms with Gasteiger partial charge in [0.2, 0.25) is 0 Å². The summed E-state index contributed by atoms with van der Waals surface area (Å²) in [6.45, 7) is 2.51. The van der Waals surface area contributed by atoms with Crippen LogP contribution in [0.4, 0.5) is 4.39 Å². The fourth-order valence-electron chi connectivity index (χ4n) is 2.09. The van der Waals surface area contributed by atoms with E-state index >= 15 is 0 Å². The lowest BCUT2D eigenvalue weighted by atomic mass is 10.1. The van der Waals surface area contributed by atoms with E-state index in [9.17, 15) is 14.3 Å². The first-order valence-electron chi connectivity index (χ1n) is 6.84. The van der Waals surface area contributed by atoms with Crippen molar-refractivity contribution in [1.29, 1.82) is 0 Å². The number of nitrogens with zero attached hydrogens (tertiary/aromatic N) is 1. The zero-order valence-electron chi connectivity index (χ0n) is 12.5. The number of phenols is 1. The maximum atomic E-state index is 13.9. The summed E-state index contributed by atoms with van der Waals surface area (Å²) in [6.07, 6.45) is 0. The van der Waals surface area contributed by atoms with Gasteiger partial charge in [-0.05, 0) is 31.2 Å². The van der Waals surface area contributed by atoms with Crippen molar-refractivity contribution in [3.63, 3.8) is 0 Å². The first-order chi connectivity index (χ1) is 10.5. The lowest BCUT2D eigenvalue weighted by Crippen LogP contribution is -2.34. The highest BCUT2D eigenvalue weighted by Gasteiger charge is 2.23. The van der Waals surface area contributed by atoms with Gasteiger partial charge in [-0.2, -0.15) is 0 Å². The van der Waals surface area contributed by atoms with Crippen molar-refractivity contribution in [2.45, 2.75) is 13.5 Å². The molecule has 2 aromatic rings. The first-order valence-corrected chi connectivity index (χ1v) is 6.84. The summed E-state index contributed by atoms with van der Waals surface area (Å²) in [7, 11) is 1.51. The first kappa shape index (κ1) is 16.0. The van der Waals surface area contributed by atoms with Gasteiger partial charge in [-0.1, -0.05) is 6.07 Å². The van der Waals surface area contributed by atoms with Crippen LogP contribution in [-0.4, -0.2) is 36.2 Å². The van der Waals surface area contributed by atoms with Crippen molar-refractivity contribution in [3.8, 4) is 5.75 Å². The molecule has 6 heteroatoms. The maximum absolute atomic E-state index is 13.9. The van der Waals surface area contributed by atoms with Crippen LogP contribution in [-0.2, 0) is 11.3 Å². The van der Waals surface area contributed by atoms with Crippen molar-refractivity contribution in [3.05, 3.63) is 53.2 Å². The van der Waals surface area contributed by atoms with Gasteiger partial charge in [0.25, 0.3) is 5.91 Å². The van der Waals surface area contributed by atoms with Crippen LogP contribution in [0.2, 0.25) is 0 Å². The molecule has 1 amide bonds. The van der Waals surface area contributed by atoms with E-state index in [1.165, 1.54) is 24.1 Å². The zero-order chi connectivity index (χ0) is 16.1. The van der Waals surface area contributed by atoms with Crippen LogP contribution in [0.15, 0.2) is 34.7 Å². The Labute approximate surface area is 127 Å². The number of benzene rings is 1. The molecule has 1 aromatic carbocycles. The molecule has 5 nitrogen and oxygen atoms in total. The number of furan rings is 1. The van der Waals surface area contributed by atoms with Crippen molar-refractivity contribution in [2.24, 2.45) is 0 Å². The third-order valence-corrected chi connectivity index (χ3v) is 3.20. The number of rotatable bonds is 6. The molecule has 1 aromatic heterocycles. The minimum atomic E-state index is -0.761. The fourth-order valence-corrected chi connectivity index (χ4v) is 2.09. The minimum absolute atomic E-state index is 0.170. The van der Waals surface area contributed by atoms with Crippen molar-refractivity contribution in [1.82, 2.24) is 4.90 Å². The highest BCUT2D eigenvalue weighted by atomic mass is 19.1. The van der Waals surface area contributed by atoms with Crippen LogP contribution >= 0.6 is 0 Å². The summed E-state index contributed by atoms with van der Waals surface area (Å²) in [5, 5.41) is 9.76. The van der Waals surface area contributed by atoms with E-state index in [4.69, 9.17) is 9.15 Å². The van der Waals surface area contributed by atoms with Crippen LogP contribution in [0.3, 0.4) is 0 Å². The number of aryl methyl sites for hydroxylation is 1. The summed E-state index contributed by atoms with van der Waals surface area (Å²) in [4.78, 5) is 13.9. The minimum Gasteiger partial charge on any atom is -0.507 e. The average molecular weight is 307 g/mol. The third-order valence-electron chi connectivity index (χ3n) is 3.20. The van der Waals surface area contributed by atoms with Crippen LogP contribution in [0.25, 0.3) is 0 Å². The second-order valence-corrected chi connectivity index (χ2v) is 4.87. The quantitative estimate of drug-likeness (QED) is 0.891. The number of hydrogen-bond acceptors (Lipinski definition) is 4. The zero-order valence-corrected chi connectivity index (χ0v) is 12.5. The highest BCUT2D eigenvalue weighted by Crippen LogP contribution is 2.22. The van der Waals surface area contributed by atoms with Gasteiger partial charge in [-0.25, -0.2) is 4.39 Å². The van der Waals surface area contributed by atoms with E-state index in [1.807, 2.05) is 0 Å². The summed E-state index contributed by atoms with van der Waals surface area (Å²) in [6, 6.07) is 7.30. The smallest absolute Gasteiger partial charge is 0.261 e. The van der Waals surface area contributed by atoms with Gasteiger partial charge in [0.1, 0.15) is 28.7 Å². The van der Waals surface area contributed by atoms with E-state index < -0.39 is 11.7 Å². The summed E-state index contributed by atoms with van der Waals surface area (Å²) < 4.78 is 24.3. The maximum Gasteiger partial charge on any atom is 0.261 e. The molecule has 0 saturated carbocycles. The molecule has 0 radical (unpaired) electrons. The Morgan fingerprint density at radius 2 is 2.14 bits per heavy atom.